The summed E-state index contributed by atoms with van der Waals surface area (Å²) < 4.78 is 3.04. The van der Waals surface area contributed by atoms with Gasteiger partial charge in [-0.25, -0.2) is 4.98 Å². The Morgan fingerprint density at radius 2 is 2.21 bits per heavy atom. The minimum absolute atomic E-state index is 0.910. The van der Waals surface area contributed by atoms with E-state index in [4.69, 9.17) is 0 Å². The number of nitrogens with one attached hydrogen (secondary N) is 1. The van der Waals surface area contributed by atoms with Crippen LogP contribution in [0.4, 0.5) is 10.8 Å². The molecule has 3 rings (SSSR count). The second-order valence-corrected chi connectivity index (χ2v) is 5.66. The van der Waals surface area contributed by atoms with Gasteiger partial charge in [0.2, 0.25) is 0 Å². The van der Waals surface area contributed by atoms with Crippen molar-refractivity contribution in [2.24, 2.45) is 7.05 Å². The van der Waals surface area contributed by atoms with Gasteiger partial charge in [0.15, 0.2) is 5.13 Å². The van der Waals surface area contributed by atoms with E-state index in [1.807, 2.05) is 17.9 Å². The molecule has 2 heterocycles. The van der Waals surface area contributed by atoms with E-state index in [1.54, 1.807) is 11.3 Å². The zero-order valence-corrected chi connectivity index (χ0v) is 12.1. The minimum atomic E-state index is 0.910. The van der Waals surface area contributed by atoms with Crippen LogP contribution in [0.1, 0.15) is 18.2 Å². The molecule has 0 unspecified atom stereocenters. The molecule has 19 heavy (non-hydrogen) atoms. The molecule has 2 aromatic heterocycles. The summed E-state index contributed by atoms with van der Waals surface area (Å²) in [7, 11) is 1.94. The quantitative estimate of drug-likeness (QED) is 0.791. The number of hydrogen-bond acceptors (Lipinski definition) is 4. The number of thiazole rings is 1. The average Bonchev–Trinajstić information content (AvgIpc) is 2.92. The molecule has 0 atom stereocenters. The Kier molecular flexibility index (Phi) is 2.98. The Bertz CT molecular complexity index is 726. The van der Waals surface area contributed by atoms with Crippen LogP contribution >= 0.6 is 11.3 Å². The van der Waals surface area contributed by atoms with Crippen molar-refractivity contribution in [1.82, 2.24) is 14.8 Å². The SMILES string of the molecule is CCc1nn(C)cc1Nc1nc2cc(C)ccc2s1. The molecule has 5 heteroatoms. The predicted octanol–water partition coefficient (Wildman–Crippen LogP) is 3.64. The van der Waals surface area contributed by atoms with E-state index in [0.717, 1.165) is 28.5 Å². The van der Waals surface area contributed by atoms with E-state index in [-0.39, 0.29) is 0 Å². The molecule has 0 aliphatic rings. The summed E-state index contributed by atoms with van der Waals surface area (Å²) in [6.07, 6.45) is 2.91. The Morgan fingerprint density at radius 3 is 3.00 bits per heavy atom. The lowest BCUT2D eigenvalue weighted by Crippen LogP contribution is -1.92. The molecular weight excluding hydrogens is 256 g/mol. The van der Waals surface area contributed by atoms with Crippen molar-refractivity contribution in [3.63, 3.8) is 0 Å². The van der Waals surface area contributed by atoms with Gasteiger partial charge in [-0.3, -0.25) is 4.68 Å². The monoisotopic (exact) mass is 272 g/mol. The molecular formula is C14H16N4S. The van der Waals surface area contributed by atoms with Gasteiger partial charge in [0, 0.05) is 13.2 Å². The number of benzene rings is 1. The lowest BCUT2D eigenvalue weighted by atomic mass is 10.2. The van der Waals surface area contributed by atoms with Gasteiger partial charge in [-0.1, -0.05) is 24.3 Å². The van der Waals surface area contributed by atoms with Crippen LogP contribution in [0.2, 0.25) is 0 Å². The van der Waals surface area contributed by atoms with Crippen molar-refractivity contribution in [2.75, 3.05) is 5.32 Å². The molecule has 0 spiro atoms. The highest BCUT2D eigenvalue weighted by Crippen LogP contribution is 2.29. The van der Waals surface area contributed by atoms with E-state index >= 15 is 0 Å². The fourth-order valence-corrected chi connectivity index (χ4v) is 2.96. The zero-order chi connectivity index (χ0) is 13.4. The van der Waals surface area contributed by atoms with Crippen LogP contribution in [0, 0.1) is 6.92 Å². The zero-order valence-electron chi connectivity index (χ0n) is 11.3. The van der Waals surface area contributed by atoms with Crippen LogP contribution < -0.4 is 5.32 Å². The molecule has 0 amide bonds. The molecule has 0 saturated heterocycles. The molecule has 98 valence electrons. The van der Waals surface area contributed by atoms with Crippen molar-refractivity contribution in [1.29, 1.82) is 0 Å². The molecule has 0 bridgehead atoms. The van der Waals surface area contributed by atoms with E-state index in [2.05, 4.69) is 47.4 Å². The Balaban J connectivity index is 1.96. The van der Waals surface area contributed by atoms with Crippen LogP contribution in [-0.2, 0) is 13.5 Å². The molecule has 1 N–H and O–H groups in total. The summed E-state index contributed by atoms with van der Waals surface area (Å²) in [6.45, 7) is 4.19. The van der Waals surface area contributed by atoms with Gasteiger partial charge >= 0.3 is 0 Å². The van der Waals surface area contributed by atoms with Crippen LogP contribution in [0.25, 0.3) is 10.2 Å². The van der Waals surface area contributed by atoms with Gasteiger partial charge in [0.05, 0.1) is 21.6 Å². The highest BCUT2D eigenvalue weighted by molar-refractivity contribution is 7.22. The first-order chi connectivity index (χ1) is 9.15. The summed E-state index contributed by atoms with van der Waals surface area (Å²) in [5.74, 6) is 0. The van der Waals surface area contributed by atoms with Crippen LogP contribution in [0.5, 0.6) is 0 Å². The van der Waals surface area contributed by atoms with Crippen molar-refractivity contribution < 1.29 is 0 Å². The Labute approximate surface area is 116 Å². The van der Waals surface area contributed by atoms with Gasteiger partial charge in [-0.15, -0.1) is 0 Å². The molecule has 4 nitrogen and oxygen atoms in total. The smallest absolute Gasteiger partial charge is 0.188 e. The third-order valence-electron chi connectivity index (χ3n) is 3.02. The summed E-state index contributed by atoms with van der Waals surface area (Å²) >= 11 is 1.67. The average molecular weight is 272 g/mol. The third-order valence-corrected chi connectivity index (χ3v) is 3.98. The second kappa shape index (κ2) is 4.66. The normalized spacial score (nSPS) is 11.1. The molecule has 0 fully saturated rings. The van der Waals surface area contributed by atoms with Crippen molar-refractivity contribution in [2.45, 2.75) is 20.3 Å². The van der Waals surface area contributed by atoms with E-state index in [9.17, 15) is 0 Å². The van der Waals surface area contributed by atoms with Crippen molar-refractivity contribution in [3.05, 3.63) is 35.7 Å². The van der Waals surface area contributed by atoms with Crippen molar-refractivity contribution in [3.8, 4) is 0 Å². The van der Waals surface area contributed by atoms with E-state index in [1.165, 1.54) is 10.3 Å². The fourth-order valence-electron chi connectivity index (χ4n) is 2.11. The van der Waals surface area contributed by atoms with Gasteiger partial charge in [0.1, 0.15) is 0 Å². The highest BCUT2D eigenvalue weighted by atomic mass is 32.1. The summed E-state index contributed by atoms with van der Waals surface area (Å²) in [4.78, 5) is 4.62. The maximum atomic E-state index is 4.62. The number of rotatable bonds is 3. The number of aromatic nitrogens is 3. The molecule has 0 aliphatic carbocycles. The maximum Gasteiger partial charge on any atom is 0.188 e. The predicted molar refractivity (Wildman–Crippen MR) is 80.2 cm³/mol. The van der Waals surface area contributed by atoms with Crippen LogP contribution in [0.3, 0.4) is 0 Å². The van der Waals surface area contributed by atoms with Gasteiger partial charge < -0.3 is 5.32 Å². The lowest BCUT2D eigenvalue weighted by Gasteiger charge is -1.99. The fraction of sp³-hybridized carbons (Fsp3) is 0.286. The Hall–Kier alpha value is -1.88. The summed E-state index contributed by atoms with van der Waals surface area (Å²) in [5.41, 5.74) is 4.40. The lowest BCUT2D eigenvalue weighted by molar-refractivity contribution is 0.746. The number of aryl methyl sites for hydroxylation is 3. The van der Waals surface area contributed by atoms with E-state index in [0.29, 0.717) is 0 Å². The minimum Gasteiger partial charge on any atom is -0.329 e. The highest BCUT2D eigenvalue weighted by Gasteiger charge is 2.09. The molecule has 1 aromatic carbocycles. The second-order valence-electron chi connectivity index (χ2n) is 4.63. The molecule has 0 saturated carbocycles. The van der Waals surface area contributed by atoms with Gasteiger partial charge in [-0.05, 0) is 31.0 Å². The largest absolute Gasteiger partial charge is 0.329 e. The van der Waals surface area contributed by atoms with Crippen LogP contribution in [-0.4, -0.2) is 14.8 Å². The summed E-state index contributed by atoms with van der Waals surface area (Å²) in [5, 5.41) is 8.72. The molecule has 3 aromatic rings. The van der Waals surface area contributed by atoms with Crippen LogP contribution in [0.15, 0.2) is 24.4 Å². The standard InChI is InChI=1S/C14H16N4S/c1-4-10-12(8-18(3)17-10)16-14-15-11-7-9(2)5-6-13(11)19-14/h5-8H,4H2,1-3H3,(H,15,16). The number of anilines is 2. The van der Waals surface area contributed by atoms with E-state index < -0.39 is 0 Å². The third kappa shape index (κ3) is 2.33. The number of fused-ring (bicyclic) bond motifs is 1. The van der Waals surface area contributed by atoms with Gasteiger partial charge in [-0.2, -0.15) is 5.10 Å². The number of nitrogens with zero attached hydrogens (tertiary/aromatic N) is 3. The summed E-state index contributed by atoms with van der Waals surface area (Å²) in [6, 6.07) is 6.35. The van der Waals surface area contributed by atoms with Crippen molar-refractivity contribution >= 4 is 32.4 Å². The molecule has 0 aliphatic heterocycles. The maximum absolute atomic E-state index is 4.62. The number of hydrogen-bond donors (Lipinski definition) is 1. The first-order valence-corrected chi connectivity index (χ1v) is 7.14. The van der Waals surface area contributed by atoms with Gasteiger partial charge in [0.25, 0.3) is 0 Å². The first-order valence-electron chi connectivity index (χ1n) is 6.32. The topological polar surface area (TPSA) is 42.7 Å². The Morgan fingerprint density at radius 1 is 1.37 bits per heavy atom. The molecule has 0 radical (unpaired) electrons. The first kappa shape index (κ1) is 12.2.